The first-order chi connectivity index (χ1) is 8.77. The number of carbonyl (C=O) groups is 3. The minimum atomic E-state index is -1.02. The van der Waals surface area contributed by atoms with E-state index in [9.17, 15) is 14.4 Å². The van der Waals surface area contributed by atoms with Crippen molar-refractivity contribution in [2.75, 3.05) is 13.7 Å². The molecule has 2 atom stereocenters. The molecule has 0 bridgehead atoms. The van der Waals surface area contributed by atoms with Crippen LogP contribution in [0.1, 0.15) is 20.3 Å². The largest absolute Gasteiger partial charge is 0.481 e. The highest BCUT2D eigenvalue weighted by atomic mass is 16.5. The molecule has 0 aromatic heterocycles. The fourth-order valence-electron chi connectivity index (χ4n) is 1.40. The highest BCUT2D eigenvalue weighted by Crippen LogP contribution is 2.00. The molecule has 8 heteroatoms. The van der Waals surface area contributed by atoms with Gasteiger partial charge >= 0.3 is 12.0 Å². The summed E-state index contributed by atoms with van der Waals surface area (Å²) in [5.74, 6) is -1.79. The Balaban J connectivity index is 4.23. The van der Waals surface area contributed by atoms with E-state index in [0.29, 0.717) is 0 Å². The van der Waals surface area contributed by atoms with Gasteiger partial charge in [0.25, 0.3) is 0 Å². The van der Waals surface area contributed by atoms with Crippen molar-refractivity contribution < 1.29 is 24.2 Å². The van der Waals surface area contributed by atoms with Gasteiger partial charge in [0.1, 0.15) is 6.04 Å². The van der Waals surface area contributed by atoms with Gasteiger partial charge < -0.3 is 26.2 Å². The van der Waals surface area contributed by atoms with E-state index in [4.69, 9.17) is 15.6 Å². The number of ether oxygens (including phenoxy) is 1. The molecule has 19 heavy (non-hydrogen) atoms. The van der Waals surface area contributed by atoms with Gasteiger partial charge in [0, 0.05) is 13.7 Å². The van der Waals surface area contributed by atoms with Gasteiger partial charge in [-0.05, 0) is 5.92 Å². The third-order valence-corrected chi connectivity index (χ3v) is 2.49. The Kier molecular flexibility index (Phi) is 7.50. The molecule has 5 N–H and O–H groups in total. The van der Waals surface area contributed by atoms with Crippen molar-refractivity contribution in [3.8, 4) is 0 Å². The van der Waals surface area contributed by atoms with Crippen molar-refractivity contribution in [1.82, 2.24) is 10.6 Å². The molecule has 0 aliphatic rings. The first-order valence-electron chi connectivity index (χ1n) is 5.86. The van der Waals surface area contributed by atoms with Gasteiger partial charge in [-0.3, -0.25) is 9.59 Å². The number of carbonyl (C=O) groups excluding carboxylic acids is 2. The number of nitrogens with one attached hydrogen (secondary N) is 2. The van der Waals surface area contributed by atoms with Gasteiger partial charge in [0.2, 0.25) is 5.91 Å². The summed E-state index contributed by atoms with van der Waals surface area (Å²) in [7, 11) is 1.35. The topological polar surface area (TPSA) is 131 Å². The Hall–Kier alpha value is -1.83. The molecule has 0 radical (unpaired) electrons. The first-order valence-corrected chi connectivity index (χ1v) is 5.86. The number of aliphatic carboxylic acids is 1. The molecule has 0 aromatic carbocycles. The molecule has 0 heterocycles. The standard InChI is InChI=1S/C11H21N3O5/c1-6(2)9(10(12)17)14-11(18)13-5-7(19-3)4-8(15)16/h6-7,9H,4-5H2,1-3H3,(H2,12,17)(H,15,16)(H2,13,14,18). The average Bonchev–Trinajstić information content (AvgIpc) is 2.30. The number of primary amides is 1. The highest BCUT2D eigenvalue weighted by molar-refractivity contribution is 5.86. The molecule has 110 valence electrons. The number of carboxylic acid groups (broad SMARTS) is 1. The summed E-state index contributed by atoms with van der Waals surface area (Å²) in [4.78, 5) is 33.1. The normalized spacial score (nSPS) is 13.7. The Morgan fingerprint density at radius 3 is 2.26 bits per heavy atom. The van der Waals surface area contributed by atoms with Crippen molar-refractivity contribution in [3.63, 3.8) is 0 Å². The molecule has 3 amide bonds. The van der Waals surface area contributed by atoms with Crippen LogP contribution in [0.4, 0.5) is 4.79 Å². The fourth-order valence-corrected chi connectivity index (χ4v) is 1.40. The maximum Gasteiger partial charge on any atom is 0.315 e. The van der Waals surface area contributed by atoms with E-state index in [1.165, 1.54) is 7.11 Å². The van der Waals surface area contributed by atoms with Crippen LogP contribution in [0.15, 0.2) is 0 Å². The van der Waals surface area contributed by atoms with Crippen LogP contribution in [0.3, 0.4) is 0 Å². The molecule has 8 nitrogen and oxygen atoms in total. The first kappa shape index (κ1) is 17.2. The molecule has 0 saturated heterocycles. The number of carboxylic acids is 1. The van der Waals surface area contributed by atoms with E-state index in [1.807, 2.05) is 0 Å². The van der Waals surface area contributed by atoms with Crippen LogP contribution in [0.2, 0.25) is 0 Å². The molecule has 0 aromatic rings. The number of hydrogen-bond acceptors (Lipinski definition) is 4. The SMILES string of the molecule is COC(CNC(=O)NC(C(N)=O)C(C)C)CC(=O)O. The third-order valence-electron chi connectivity index (χ3n) is 2.49. The van der Waals surface area contributed by atoms with Gasteiger partial charge in [-0.15, -0.1) is 0 Å². The number of methoxy groups -OCH3 is 1. The smallest absolute Gasteiger partial charge is 0.315 e. The second kappa shape index (κ2) is 8.30. The van der Waals surface area contributed by atoms with Crippen LogP contribution in [0.5, 0.6) is 0 Å². The average molecular weight is 275 g/mol. The van der Waals surface area contributed by atoms with Crippen LogP contribution < -0.4 is 16.4 Å². The van der Waals surface area contributed by atoms with Crippen molar-refractivity contribution in [1.29, 1.82) is 0 Å². The number of rotatable bonds is 8. The molecular weight excluding hydrogens is 254 g/mol. The summed E-state index contributed by atoms with van der Waals surface area (Å²) in [6, 6.07) is -1.37. The molecule has 0 fully saturated rings. The molecule has 0 aliphatic carbocycles. The lowest BCUT2D eigenvalue weighted by Crippen LogP contribution is -2.52. The van der Waals surface area contributed by atoms with Crippen LogP contribution in [-0.2, 0) is 14.3 Å². The summed E-state index contributed by atoms with van der Waals surface area (Å²) in [6.45, 7) is 3.52. The van der Waals surface area contributed by atoms with Crippen molar-refractivity contribution >= 4 is 17.9 Å². The predicted molar refractivity (Wildman–Crippen MR) is 67.4 cm³/mol. The van der Waals surface area contributed by atoms with E-state index in [-0.39, 0.29) is 18.9 Å². The Morgan fingerprint density at radius 2 is 1.89 bits per heavy atom. The van der Waals surface area contributed by atoms with Gasteiger partial charge in [0.15, 0.2) is 0 Å². The zero-order chi connectivity index (χ0) is 15.0. The lowest BCUT2D eigenvalue weighted by molar-refractivity contribution is -0.139. The molecule has 0 rings (SSSR count). The van der Waals surface area contributed by atoms with E-state index in [0.717, 1.165) is 0 Å². The quantitative estimate of drug-likeness (QED) is 0.464. The van der Waals surface area contributed by atoms with Gasteiger partial charge in [-0.2, -0.15) is 0 Å². The number of hydrogen-bond donors (Lipinski definition) is 4. The maximum absolute atomic E-state index is 11.5. The monoisotopic (exact) mass is 275 g/mol. The Morgan fingerprint density at radius 1 is 1.32 bits per heavy atom. The van der Waals surface area contributed by atoms with Crippen molar-refractivity contribution in [2.45, 2.75) is 32.4 Å². The van der Waals surface area contributed by atoms with Crippen molar-refractivity contribution in [3.05, 3.63) is 0 Å². The zero-order valence-electron chi connectivity index (χ0n) is 11.3. The minimum absolute atomic E-state index is 0.0260. The maximum atomic E-state index is 11.5. The van der Waals surface area contributed by atoms with Gasteiger partial charge in [-0.1, -0.05) is 13.8 Å². The Bertz CT molecular complexity index is 332. The van der Waals surface area contributed by atoms with Crippen LogP contribution in [0, 0.1) is 5.92 Å². The summed E-state index contributed by atoms with van der Waals surface area (Å²) in [5.41, 5.74) is 5.15. The third kappa shape index (κ3) is 7.24. The molecule has 0 saturated carbocycles. The number of nitrogens with two attached hydrogens (primary N) is 1. The van der Waals surface area contributed by atoms with Gasteiger partial charge in [-0.25, -0.2) is 4.79 Å². The number of urea groups is 1. The van der Waals surface area contributed by atoms with Gasteiger partial charge in [0.05, 0.1) is 12.5 Å². The number of amides is 3. The van der Waals surface area contributed by atoms with E-state index in [1.54, 1.807) is 13.8 Å². The lowest BCUT2D eigenvalue weighted by atomic mass is 10.0. The summed E-state index contributed by atoms with van der Waals surface area (Å²) in [6.07, 6.45) is -0.852. The molecular formula is C11H21N3O5. The lowest BCUT2D eigenvalue weighted by Gasteiger charge is -2.20. The van der Waals surface area contributed by atoms with Crippen molar-refractivity contribution in [2.24, 2.45) is 11.7 Å². The fraction of sp³-hybridized carbons (Fsp3) is 0.727. The highest BCUT2D eigenvalue weighted by Gasteiger charge is 2.22. The van der Waals surface area contributed by atoms with E-state index < -0.39 is 30.1 Å². The second-order valence-corrected chi connectivity index (χ2v) is 4.43. The Labute approximate surface area is 111 Å². The second-order valence-electron chi connectivity index (χ2n) is 4.43. The van der Waals surface area contributed by atoms with Crippen LogP contribution in [0.25, 0.3) is 0 Å². The summed E-state index contributed by atoms with van der Waals surface area (Å²) < 4.78 is 4.90. The summed E-state index contributed by atoms with van der Waals surface area (Å²) in [5, 5.41) is 13.5. The molecule has 2 unspecified atom stereocenters. The van der Waals surface area contributed by atoms with Crippen LogP contribution >= 0.6 is 0 Å². The predicted octanol–water partition coefficient (Wildman–Crippen LogP) is -0.715. The summed E-state index contributed by atoms with van der Waals surface area (Å²) >= 11 is 0. The molecule has 0 aliphatic heterocycles. The van der Waals surface area contributed by atoms with E-state index in [2.05, 4.69) is 10.6 Å². The zero-order valence-corrected chi connectivity index (χ0v) is 11.3. The van der Waals surface area contributed by atoms with E-state index >= 15 is 0 Å². The van der Waals surface area contributed by atoms with Crippen LogP contribution in [-0.4, -0.2) is 48.8 Å². The molecule has 0 spiro atoms. The minimum Gasteiger partial charge on any atom is -0.481 e.